The third-order valence-corrected chi connectivity index (χ3v) is 5.91. The summed E-state index contributed by atoms with van der Waals surface area (Å²) in [5.74, 6) is -1.05. The second-order valence-corrected chi connectivity index (χ2v) is 8.69. The summed E-state index contributed by atoms with van der Waals surface area (Å²) in [5, 5.41) is 3.05. The lowest BCUT2D eigenvalue weighted by Gasteiger charge is -2.17. The van der Waals surface area contributed by atoms with Gasteiger partial charge in [-0.2, -0.15) is 0 Å². The number of carbonyl (C=O) groups excluding carboxylic acids is 1. The fraction of sp³-hybridized carbons (Fsp3) is 0.136. The second-order valence-electron chi connectivity index (χ2n) is 6.57. The van der Waals surface area contributed by atoms with E-state index < -0.39 is 27.9 Å². The molecule has 1 amide bonds. The zero-order valence-corrected chi connectivity index (χ0v) is 18.1. The van der Waals surface area contributed by atoms with Gasteiger partial charge >= 0.3 is 0 Å². The van der Waals surface area contributed by atoms with E-state index in [9.17, 15) is 17.6 Å². The largest absolute Gasteiger partial charge is 0.478 e. The van der Waals surface area contributed by atoms with Gasteiger partial charge in [0, 0.05) is 10.7 Å². The van der Waals surface area contributed by atoms with Gasteiger partial charge in [-0.05, 0) is 61.0 Å². The quantitative estimate of drug-likeness (QED) is 0.489. The van der Waals surface area contributed by atoms with Gasteiger partial charge in [-0.1, -0.05) is 36.7 Å². The topological polar surface area (TPSA) is 84.5 Å². The molecule has 3 rings (SSSR count). The third kappa shape index (κ3) is 5.96. The first-order valence-electron chi connectivity index (χ1n) is 9.39. The van der Waals surface area contributed by atoms with E-state index in [1.165, 1.54) is 48.5 Å². The van der Waals surface area contributed by atoms with Crippen molar-refractivity contribution >= 4 is 38.9 Å². The van der Waals surface area contributed by atoms with Crippen molar-refractivity contribution < 1.29 is 22.3 Å². The Morgan fingerprint density at radius 1 is 1.03 bits per heavy atom. The first-order chi connectivity index (χ1) is 14.8. The smallest absolute Gasteiger partial charge is 0.265 e. The van der Waals surface area contributed by atoms with Crippen LogP contribution in [0.15, 0.2) is 77.7 Å². The van der Waals surface area contributed by atoms with Gasteiger partial charge in [0.15, 0.2) is 17.7 Å². The first kappa shape index (κ1) is 22.6. The molecule has 2 N–H and O–H groups in total. The minimum absolute atomic E-state index is 0.0140. The Balaban J connectivity index is 1.67. The van der Waals surface area contributed by atoms with Crippen LogP contribution in [-0.2, 0) is 14.8 Å². The Kier molecular flexibility index (Phi) is 7.14. The number of benzene rings is 3. The molecule has 9 heteroatoms. The fourth-order valence-electron chi connectivity index (χ4n) is 2.72. The Morgan fingerprint density at radius 2 is 1.74 bits per heavy atom. The number of sulfonamides is 1. The van der Waals surface area contributed by atoms with Crippen molar-refractivity contribution in [3.8, 4) is 5.75 Å². The SMILES string of the molecule is CC[C@@H](Oc1ccccc1F)C(=O)Nc1ccc(S(=O)(=O)Nc2cccc(Cl)c2)cc1. The summed E-state index contributed by atoms with van der Waals surface area (Å²) < 4.78 is 46.8. The zero-order valence-electron chi connectivity index (χ0n) is 16.5. The van der Waals surface area contributed by atoms with E-state index in [2.05, 4.69) is 10.0 Å². The molecule has 3 aromatic rings. The number of anilines is 2. The minimum atomic E-state index is -3.83. The highest BCUT2D eigenvalue weighted by molar-refractivity contribution is 7.92. The Morgan fingerprint density at radius 3 is 2.39 bits per heavy atom. The van der Waals surface area contributed by atoms with Gasteiger partial charge < -0.3 is 10.1 Å². The van der Waals surface area contributed by atoms with Crippen LogP contribution in [0, 0.1) is 5.82 Å². The number of carbonyl (C=O) groups is 1. The second kappa shape index (κ2) is 9.80. The molecule has 162 valence electrons. The summed E-state index contributed by atoms with van der Waals surface area (Å²) in [5.41, 5.74) is 0.711. The summed E-state index contributed by atoms with van der Waals surface area (Å²) in [6.45, 7) is 1.74. The molecular formula is C22H20ClFN2O4S. The molecule has 6 nitrogen and oxygen atoms in total. The highest BCUT2D eigenvalue weighted by atomic mass is 35.5. The van der Waals surface area contributed by atoms with Crippen molar-refractivity contribution in [2.75, 3.05) is 10.0 Å². The average molecular weight is 463 g/mol. The van der Waals surface area contributed by atoms with Crippen LogP contribution < -0.4 is 14.8 Å². The molecule has 0 saturated heterocycles. The van der Waals surface area contributed by atoms with Gasteiger partial charge in [0.25, 0.3) is 15.9 Å². The predicted molar refractivity (Wildman–Crippen MR) is 118 cm³/mol. The Hall–Kier alpha value is -3.10. The maximum Gasteiger partial charge on any atom is 0.265 e. The minimum Gasteiger partial charge on any atom is -0.478 e. The van der Waals surface area contributed by atoms with Crippen LogP contribution in [0.25, 0.3) is 0 Å². The fourth-order valence-corrected chi connectivity index (χ4v) is 3.96. The number of nitrogens with one attached hydrogen (secondary N) is 2. The Bertz CT molecular complexity index is 1170. The number of rotatable bonds is 8. The van der Waals surface area contributed by atoms with E-state index >= 15 is 0 Å². The van der Waals surface area contributed by atoms with Crippen LogP contribution in [0.1, 0.15) is 13.3 Å². The number of halogens is 2. The van der Waals surface area contributed by atoms with E-state index in [1.807, 2.05) is 0 Å². The molecule has 0 radical (unpaired) electrons. The van der Waals surface area contributed by atoms with E-state index in [0.717, 1.165) is 0 Å². The average Bonchev–Trinajstić information content (AvgIpc) is 2.73. The van der Waals surface area contributed by atoms with Gasteiger partial charge in [-0.15, -0.1) is 0 Å². The lowest BCUT2D eigenvalue weighted by Crippen LogP contribution is -2.32. The number of hydrogen-bond acceptors (Lipinski definition) is 4. The summed E-state index contributed by atoms with van der Waals surface area (Å²) >= 11 is 5.88. The summed E-state index contributed by atoms with van der Waals surface area (Å²) in [6, 6.07) is 17.8. The molecule has 0 aliphatic heterocycles. The van der Waals surface area contributed by atoms with Crippen molar-refractivity contribution in [1.29, 1.82) is 0 Å². The van der Waals surface area contributed by atoms with Crippen molar-refractivity contribution in [2.45, 2.75) is 24.3 Å². The number of amides is 1. The van der Waals surface area contributed by atoms with Crippen molar-refractivity contribution in [1.82, 2.24) is 0 Å². The predicted octanol–water partition coefficient (Wildman–Crippen LogP) is 5.08. The lowest BCUT2D eigenvalue weighted by atomic mass is 10.2. The molecule has 0 heterocycles. The summed E-state index contributed by atoms with van der Waals surface area (Å²) in [7, 11) is -3.83. The molecular weight excluding hydrogens is 443 g/mol. The van der Waals surface area contributed by atoms with Crippen LogP contribution in [0.5, 0.6) is 5.75 Å². The summed E-state index contributed by atoms with van der Waals surface area (Å²) in [6.07, 6.45) is -0.597. The van der Waals surface area contributed by atoms with E-state index in [4.69, 9.17) is 16.3 Å². The molecule has 0 bridgehead atoms. The van der Waals surface area contributed by atoms with Crippen LogP contribution in [0.4, 0.5) is 15.8 Å². The molecule has 0 fully saturated rings. The molecule has 31 heavy (non-hydrogen) atoms. The molecule has 0 saturated carbocycles. The molecule has 0 aliphatic carbocycles. The number of ether oxygens (including phenoxy) is 1. The molecule has 3 aromatic carbocycles. The van der Waals surface area contributed by atoms with Gasteiger partial charge in [0.1, 0.15) is 0 Å². The van der Waals surface area contributed by atoms with Crippen LogP contribution in [-0.4, -0.2) is 20.4 Å². The monoisotopic (exact) mass is 462 g/mol. The van der Waals surface area contributed by atoms with E-state index in [0.29, 0.717) is 22.8 Å². The number of hydrogen-bond donors (Lipinski definition) is 2. The van der Waals surface area contributed by atoms with Gasteiger partial charge in [-0.3, -0.25) is 9.52 Å². The van der Waals surface area contributed by atoms with Crippen molar-refractivity contribution in [3.05, 3.63) is 83.6 Å². The maximum absolute atomic E-state index is 13.8. The normalized spacial score (nSPS) is 12.1. The van der Waals surface area contributed by atoms with Gasteiger partial charge in [0.2, 0.25) is 0 Å². The molecule has 1 atom stereocenters. The molecule has 0 spiro atoms. The van der Waals surface area contributed by atoms with Crippen molar-refractivity contribution in [2.24, 2.45) is 0 Å². The van der Waals surface area contributed by atoms with Gasteiger partial charge in [-0.25, -0.2) is 12.8 Å². The van der Waals surface area contributed by atoms with E-state index in [1.54, 1.807) is 31.2 Å². The Labute approximate surface area is 185 Å². The van der Waals surface area contributed by atoms with Crippen LogP contribution >= 0.6 is 11.6 Å². The molecule has 0 aliphatic rings. The molecule has 0 aromatic heterocycles. The summed E-state index contributed by atoms with van der Waals surface area (Å²) in [4.78, 5) is 12.5. The van der Waals surface area contributed by atoms with Crippen LogP contribution in [0.3, 0.4) is 0 Å². The highest BCUT2D eigenvalue weighted by Gasteiger charge is 2.20. The first-order valence-corrected chi connectivity index (χ1v) is 11.2. The number of para-hydroxylation sites is 1. The van der Waals surface area contributed by atoms with E-state index in [-0.39, 0.29) is 10.6 Å². The van der Waals surface area contributed by atoms with Gasteiger partial charge in [0.05, 0.1) is 10.6 Å². The van der Waals surface area contributed by atoms with Crippen molar-refractivity contribution in [3.63, 3.8) is 0 Å². The zero-order chi connectivity index (χ0) is 22.4. The lowest BCUT2D eigenvalue weighted by molar-refractivity contribution is -0.122. The standard InChI is InChI=1S/C22H20ClFN2O4S/c1-2-20(30-21-9-4-3-8-19(21)24)22(27)25-16-10-12-18(13-11-16)31(28,29)26-17-7-5-6-15(23)14-17/h3-14,20,26H,2H2,1H3,(H,25,27)/t20-/m1/s1. The third-order valence-electron chi connectivity index (χ3n) is 4.28. The highest BCUT2D eigenvalue weighted by Crippen LogP contribution is 2.22. The molecule has 0 unspecified atom stereocenters. The maximum atomic E-state index is 13.8. The van der Waals surface area contributed by atoms with Crippen LogP contribution in [0.2, 0.25) is 5.02 Å².